The van der Waals surface area contributed by atoms with E-state index < -0.39 is 0 Å². The lowest BCUT2D eigenvalue weighted by molar-refractivity contribution is 0.0921. The summed E-state index contributed by atoms with van der Waals surface area (Å²) in [5, 5.41) is 5.55. The van der Waals surface area contributed by atoms with Gasteiger partial charge in [0.25, 0.3) is 5.91 Å². The molecule has 4 aromatic heterocycles. The van der Waals surface area contributed by atoms with Crippen molar-refractivity contribution in [3.63, 3.8) is 0 Å². The van der Waals surface area contributed by atoms with Gasteiger partial charge in [0.05, 0.1) is 19.0 Å². The predicted molar refractivity (Wildman–Crippen MR) is 125 cm³/mol. The first-order chi connectivity index (χ1) is 16.2. The average molecular weight is 462 g/mol. The lowest BCUT2D eigenvalue weighted by atomic mass is 9.80. The number of rotatable bonds is 8. The summed E-state index contributed by atoms with van der Waals surface area (Å²) in [5.74, 6) is 1.46. The second-order valence-electron chi connectivity index (χ2n) is 7.85. The second-order valence-corrected chi connectivity index (χ2v) is 8.71. The summed E-state index contributed by atoms with van der Waals surface area (Å²) in [7, 11) is 1.61. The van der Waals surface area contributed by atoms with Crippen molar-refractivity contribution in [2.75, 3.05) is 12.4 Å². The number of nitrogens with zero attached hydrogens (tertiary/aromatic N) is 4. The molecule has 0 atom stereocenters. The van der Waals surface area contributed by atoms with Crippen molar-refractivity contribution in [1.82, 2.24) is 19.5 Å². The zero-order chi connectivity index (χ0) is 22.6. The normalized spacial score (nSPS) is 17.2. The highest BCUT2D eigenvalue weighted by Crippen LogP contribution is 2.40. The molecule has 33 heavy (non-hydrogen) atoms. The van der Waals surface area contributed by atoms with E-state index in [0.29, 0.717) is 34.9 Å². The largest absolute Gasteiger partial charge is 0.495 e. The number of ether oxygens (including phenoxy) is 2. The van der Waals surface area contributed by atoms with Crippen molar-refractivity contribution >= 4 is 22.4 Å². The fourth-order valence-electron chi connectivity index (χ4n) is 3.77. The Kier molecular flexibility index (Phi) is 6.03. The Morgan fingerprint density at radius 3 is 2.82 bits per heavy atom. The molecule has 0 spiro atoms. The lowest BCUT2D eigenvalue weighted by Crippen LogP contribution is -2.32. The quantitative estimate of drug-likeness (QED) is 0.419. The van der Waals surface area contributed by atoms with Gasteiger partial charge in [0.1, 0.15) is 17.5 Å². The molecule has 8 nitrogen and oxygen atoms in total. The average Bonchev–Trinajstić information content (AvgIpc) is 3.46. The Labute approximate surface area is 195 Å². The van der Waals surface area contributed by atoms with E-state index in [1.54, 1.807) is 25.7 Å². The van der Waals surface area contributed by atoms with Gasteiger partial charge < -0.3 is 14.0 Å². The summed E-state index contributed by atoms with van der Waals surface area (Å²) in [4.78, 5) is 25.8. The molecule has 1 saturated carbocycles. The van der Waals surface area contributed by atoms with Crippen LogP contribution in [0.5, 0.6) is 11.6 Å². The number of aromatic nitrogens is 4. The van der Waals surface area contributed by atoms with E-state index in [2.05, 4.69) is 20.3 Å². The third kappa shape index (κ3) is 4.88. The third-order valence-electron chi connectivity index (χ3n) is 5.65. The van der Waals surface area contributed by atoms with Crippen LogP contribution in [-0.4, -0.2) is 38.6 Å². The molecule has 0 radical (unpaired) electrons. The highest BCUT2D eigenvalue weighted by molar-refractivity contribution is 7.14. The van der Waals surface area contributed by atoms with E-state index in [1.807, 2.05) is 52.5 Å². The van der Waals surface area contributed by atoms with Gasteiger partial charge in [-0.2, -0.15) is 0 Å². The maximum atomic E-state index is 12.8. The van der Waals surface area contributed by atoms with Gasteiger partial charge >= 0.3 is 0 Å². The van der Waals surface area contributed by atoms with Crippen LogP contribution in [0.4, 0.5) is 5.13 Å². The number of thiazole rings is 1. The van der Waals surface area contributed by atoms with Crippen LogP contribution in [0, 0.1) is 0 Å². The molecule has 1 fully saturated rings. The minimum absolute atomic E-state index is 0.118. The van der Waals surface area contributed by atoms with Crippen LogP contribution in [0.15, 0.2) is 66.6 Å². The maximum absolute atomic E-state index is 12.8. The molecule has 1 aliphatic carbocycles. The van der Waals surface area contributed by atoms with E-state index in [0.717, 1.165) is 24.1 Å². The SMILES string of the molecule is COc1ccc(O[C@H]2C[C@H](c3csc(NC(=O)c4cccn4Cc4ccncc4)n3)C2)nc1. The molecule has 0 aliphatic heterocycles. The summed E-state index contributed by atoms with van der Waals surface area (Å²) >= 11 is 1.44. The Balaban J connectivity index is 1.15. The number of nitrogens with one attached hydrogen (secondary N) is 1. The Hall–Kier alpha value is -3.72. The smallest absolute Gasteiger partial charge is 0.274 e. The van der Waals surface area contributed by atoms with Crippen molar-refractivity contribution in [2.24, 2.45) is 0 Å². The zero-order valence-electron chi connectivity index (χ0n) is 18.0. The molecule has 1 amide bonds. The molecule has 1 aliphatic rings. The first-order valence-corrected chi connectivity index (χ1v) is 11.5. The minimum atomic E-state index is -0.171. The summed E-state index contributed by atoms with van der Waals surface area (Å²) in [6.07, 6.45) is 8.91. The van der Waals surface area contributed by atoms with Crippen LogP contribution in [0.1, 0.15) is 40.5 Å². The van der Waals surface area contributed by atoms with Gasteiger partial charge in [-0.15, -0.1) is 11.3 Å². The van der Waals surface area contributed by atoms with Crippen LogP contribution < -0.4 is 14.8 Å². The zero-order valence-corrected chi connectivity index (χ0v) is 18.9. The number of methoxy groups -OCH3 is 1. The van der Waals surface area contributed by atoms with Gasteiger partial charge in [0, 0.05) is 42.5 Å². The van der Waals surface area contributed by atoms with E-state index in [4.69, 9.17) is 9.47 Å². The number of hydrogen-bond acceptors (Lipinski definition) is 7. The predicted octanol–water partition coefficient (Wildman–Crippen LogP) is 4.37. The van der Waals surface area contributed by atoms with Crippen molar-refractivity contribution < 1.29 is 14.3 Å². The highest BCUT2D eigenvalue weighted by Gasteiger charge is 2.34. The molecular formula is C24H23N5O3S. The highest BCUT2D eigenvalue weighted by atomic mass is 32.1. The first kappa shape index (κ1) is 21.1. The number of anilines is 1. The summed E-state index contributed by atoms with van der Waals surface area (Å²) < 4.78 is 13.0. The minimum Gasteiger partial charge on any atom is -0.495 e. The Morgan fingerprint density at radius 1 is 1.21 bits per heavy atom. The summed E-state index contributed by atoms with van der Waals surface area (Å²) in [6.45, 7) is 0.605. The van der Waals surface area contributed by atoms with Gasteiger partial charge in [-0.05, 0) is 48.7 Å². The molecule has 5 rings (SSSR count). The van der Waals surface area contributed by atoms with Crippen LogP contribution in [0.2, 0.25) is 0 Å². The van der Waals surface area contributed by atoms with Gasteiger partial charge in [0.2, 0.25) is 5.88 Å². The van der Waals surface area contributed by atoms with Gasteiger partial charge in [0.15, 0.2) is 5.13 Å². The van der Waals surface area contributed by atoms with Crippen LogP contribution in [0.25, 0.3) is 0 Å². The van der Waals surface area contributed by atoms with Crippen LogP contribution in [0.3, 0.4) is 0 Å². The molecular weight excluding hydrogens is 438 g/mol. The number of carbonyl (C=O) groups is 1. The van der Waals surface area contributed by atoms with Crippen LogP contribution >= 0.6 is 11.3 Å². The Bertz CT molecular complexity index is 1220. The van der Waals surface area contributed by atoms with Gasteiger partial charge in [-0.25, -0.2) is 9.97 Å². The van der Waals surface area contributed by atoms with Crippen LogP contribution in [-0.2, 0) is 6.54 Å². The second kappa shape index (κ2) is 9.41. The maximum Gasteiger partial charge on any atom is 0.274 e. The van der Waals surface area contributed by atoms with Gasteiger partial charge in [-0.3, -0.25) is 15.1 Å². The first-order valence-electron chi connectivity index (χ1n) is 10.7. The number of hydrogen-bond donors (Lipinski definition) is 1. The Morgan fingerprint density at radius 2 is 2.06 bits per heavy atom. The molecule has 0 unspecified atom stereocenters. The van der Waals surface area contributed by atoms with Crippen molar-refractivity contribution in [2.45, 2.75) is 31.4 Å². The fourth-order valence-corrected chi connectivity index (χ4v) is 4.55. The summed E-state index contributed by atoms with van der Waals surface area (Å²) in [6, 6.07) is 11.2. The topological polar surface area (TPSA) is 91.2 Å². The monoisotopic (exact) mass is 461 g/mol. The van der Waals surface area contributed by atoms with Crippen molar-refractivity contribution in [3.8, 4) is 11.6 Å². The number of carbonyl (C=O) groups excluding carboxylic acids is 1. The molecule has 4 aromatic rings. The fraction of sp³-hybridized carbons (Fsp3) is 0.250. The van der Waals surface area contributed by atoms with E-state index >= 15 is 0 Å². The number of pyridine rings is 2. The molecule has 168 valence electrons. The molecule has 0 aromatic carbocycles. The summed E-state index contributed by atoms with van der Waals surface area (Å²) in [5.41, 5.74) is 2.66. The number of amides is 1. The molecule has 9 heteroatoms. The molecule has 0 bridgehead atoms. The van der Waals surface area contributed by atoms with E-state index in [1.165, 1.54) is 11.3 Å². The van der Waals surface area contributed by atoms with Crippen molar-refractivity contribution in [3.05, 3.63) is 83.5 Å². The molecule has 4 heterocycles. The molecule has 0 saturated heterocycles. The van der Waals surface area contributed by atoms with E-state index in [-0.39, 0.29) is 12.0 Å². The standard InChI is InChI=1S/C24H23N5O3S/c1-31-18-4-5-22(26-13-18)32-19-11-17(12-19)20-15-33-24(27-20)28-23(30)21-3-2-10-29(21)14-16-6-8-25-9-7-16/h2-10,13,15,17,19H,11-12,14H2,1H3,(H,27,28,30)/t17-,19-. The molecule has 1 N–H and O–H groups in total. The lowest BCUT2D eigenvalue weighted by Gasteiger charge is -2.33. The van der Waals surface area contributed by atoms with Gasteiger partial charge in [-0.1, -0.05) is 0 Å². The third-order valence-corrected chi connectivity index (χ3v) is 6.43. The van der Waals surface area contributed by atoms with E-state index in [9.17, 15) is 4.79 Å². The van der Waals surface area contributed by atoms with Crippen molar-refractivity contribution in [1.29, 1.82) is 0 Å².